The zero-order valence-electron chi connectivity index (χ0n) is 15.1. The number of benzene rings is 3. The van der Waals surface area contributed by atoms with Gasteiger partial charge < -0.3 is 9.73 Å². The third-order valence-electron chi connectivity index (χ3n) is 4.52. The van der Waals surface area contributed by atoms with E-state index in [1.807, 2.05) is 42.5 Å². The lowest BCUT2D eigenvalue weighted by Gasteiger charge is -2.19. The number of hydrogen-bond donors (Lipinski definition) is 1. The molecule has 0 aliphatic carbocycles. The van der Waals surface area contributed by atoms with Gasteiger partial charge in [-0.05, 0) is 41.5 Å². The van der Waals surface area contributed by atoms with E-state index in [1.165, 1.54) is 12.1 Å². The van der Waals surface area contributed by atoms with E-state index in [2.05, 4.69) is 5.32 Å². The van der Waals surface area contributed by atoms with Crippen LogP contribution in [0.15, 0.2) is 88.1 Å². The number of amides is 1. The topological polar surface area (TPSA) is 59.3 Å². The molecule has 0 fully saturated rings. The average Bonchev–Trinajstić information content (AvgIpc) is 2.73. The highest BCUT2D eigenvalue weighted by Crippen LogP contribution is 2.24. The molecule has 0 bridgehead atoms. The largest absolute Gasteiger partial charge is 0.451 e. The Balaban J connectivity index is 1.71. The number of carbonyl (C=O) groups excluding carboxylic acids is 1. The van der Waals surface area contributed by atoms with Gasteiger partial charge in [0.2, 0.25) is 0 Å². The highest BCUT2D eigenvalue weighted by atomic mass is 35.5. The smallest absolute Gasteiger partial charge is 0.287 e. The SMILES string of the molecule is O=C(N[C@H](c1ccccc1)c1ccc(Cl)cc1)c1cc(=O)c2cc(F)ccc2o1. The first-order valence-electron chi connectivity index (χ1n) is 8.86. The van der Waals surface area contributed by atoms with Crippen LogP contribution < -0.4 is 10.7 Å². The molecule has 4 rings (SSSR count). The molecule has 3 aromatic carbocycles. The molecule has 0 radical (unpaired) electrons. The van der Waals surface area contributed by atoms with Crippen molar-refractivity contribution < 1.29 is 13.6 Å². The lowest BCUT2D eigenvalue weighted by atomic mass is 9.98. The van der Waals surface area contributed by atoms with E-state index in [0.29, 0.717) is 5.02 Å². The van der Waals surface area contributed by atoms with Crippen LogP contribution in [0.3, 0.4) is 0 Å². The minimum atomic E-state index is -0.558. The molecule has 0 spiro atoms. The Morgan fingerprint density at radius 1 is 0.931 bits per heavy atom. The fourth-order valence-corrected chi connectivity index (χ4v) is 3.23. The van der Waals surface area contributed by atoms with Crippen LogP contribution in [0.4, 0.5) is 4.39 Å². The number of nitrogens with one attached hydrogen (secondary N) is 1. The fraction of sp³-hybridized carbons (Fsp3) is 0.0435. The maximum Gasteiger partial charge on any atom is 0.287 e. The molecular weight excluding hydrogens is 393 g/mol. The summed E-state index contributed by atoms with van der Waals surface area (Å²) in [6.45, 7) is 0. The molecule has 0 saturated heterocycles. The highest BCUT2D eigenvalue weighted by Gasteiger charge is 2.20. The molecule has 1 atom stereocenters. The van der Waals surface area contributed by atoms with Gasteiger partial charge in [-0.1, -0.05) is 54.1 Å². The molecule has 4 nitrogen and oxygen atoms in total. The minimum absolute atomic E-state index is 0.0823. The molecule has 29 heavy (non-hydrogen) atoms. The van der Waals surface area contributed by atoms with Crippen molar-refractivity contribution in [3.8, 4) is 0 Å². The summed E-state index contributed by atoms with van der Waals surface area (Å²) in [7, 11) is 0. The van der Waals surface area contributed by atoms with Gasteiger partial charge >= 0.3 is 0 Å². The maximum atomic E-state index is 13.4. The van der Waals surface area contributed by atoms with E-state index in [9.17, 15) is 14.0 Å². The van der Waals surface area contributed by atoms with Crippen molar-refractivity contribution in [3.05, 3.63) is 117 Å². The summed E-state index contributed by atoms with van der Waals surface area (Å²) in [4.78, 5) is 25.2. The molecule has 1 amide bonds. The molecule has 1 aromatic heterocycles. The molecule has 0 aliphatic heterocycles. The van der Waals surface area contributed by atoms with Crippen molar-refractivity contribution >= 4 is 28.5 Å². The Morgan fingerprint density at radius 3 is 2.34 bits per heavy atom. The third-order valence-corrected chi connectivity index (χ3v) is 4.78. The lowest BCUT2D eigenvalue weighted by Crippen LogP contribution is -2.30. The summed E-state index contributed by atoms with van der Waals surface area (Å²) < 4.78 is 18.9. The fourth-order valence-electron chi connectivity index (χ4n) is 3.10. The van der Waals surface area contributed by atoms with E-state index < -0.39 is 23.2 Å². The zero-order chi connectivity index (χ0) is 20.4. The Kier molecular flexibility index (Phi) is 5.14. The summed E-state index contributed by atoms with van der Waals surface area (Å²) >= 11 is 5.98. The van der Waals surface area contributed by atoms with Crippen LogP contribution >= 0.6 is 11.6 Å². The van der Waals surface area contributed by atoms with Gasteiger partial charge in [-0.2, -0.15) is 0 Å². The Bertz CT molecular complexity index is 1240. The van der Waals surface area contributed by atoms with Crippen molar-refractivity contribution in [2.75, 3.05) is 0 Å². The predicted octanol–water partition coefficient (Wildman–Crippen LogP) is 5.10. The Morgan fingerprint density at radius 2 is 1.62 bits per heavy atom. The molecular formula is C23H15ClFNO3. The number of hydrogen-bond acceptors (Lipinski definition) is 3. The molecule has 0 saturated carbocycles. The van der Waals surface area contributed by atoms with Crippen LogP contribution in [0.5, 0.6) is 0 Å². The monoisotopic (exact) mass is 407 g/mol. The van der Waals surface area contributed by atoms with Crippen LogP contribution in [0.2, 0.25) is 5.02 Å². The maximum absolute atomic E-state index is 13.4. The first-order chi connectivity index (χ1) is 14.0. The second-order valence-electron chi connectivity index (χ2n) is 6.48. The van der Waals surface area contributed by atoms with Gasteiger partial charge in [0.1, 0.15) is 11.4 Å². The van der Waals surface area contributed by atoms with Crippen molar-refractivity contribution in [2.24, 2.45) is 0 Å². The second-order valence-corrected chi connectivity index (χ2v) is 6.92. The van der Waals surface area contributed by atoms with Crippen LogP contribution in [-0.2, 0) is 0 Å². The van der Waals surface area contributed by atoms with Crippen molar-refractivity contribution in [1.29, 1.82) is 0 Å². The summed E-state index contributed by atoms with van der Waals surface area (Å²) in [5.74, 6) is -1.25. The normalized spacial score (nSPS) is 11.9. The van der Waals surface area contributed by atoms with Gasteiger partial charge in [-0.3, -0.25) is 9.59 Å². The highest BCUT2D eigenvalue weighted by molar-refractivity contribution is 6.30. The summed E-state index contributed by atoms with van der Waals surface area (Å²) in [5, 5.41) is 3.57. The predicted molar refractivity (Wildman–Crippen MR) is 110 cm³/mol. The number of carbonyl (C=O) groups is 1. The van der Waals surface area contributed by atoms with Gasteiger partial charge in [0.15, 0.2) is 11.2 Å². The van der Waals surface area contributed by atoms with Gasteiger partial charge in [0, 0.05) is 11.1 Å². The Labute approximate surface area is 170 Å². The van der Waals surface area contributed by atoms with E-state index in [0.717, 1.165) is 23.3 Å². The molecule has 1 N–H and O–H groups in total. The first kappa shape index (κ1) is 18.9. The minimum Gasteiger partial charge on any atom is -0.451 e. The van der Waals surface area contributed by atoms with Gasteiger partial charge in [-0.15, -0.1) is 0 Å². The van der Waals surface area contributed by atoms with E-state index in [1.54, 1.807) is 12.1 Å². The van der Waals surface area contributed by atoms with E-state index in [-0.39, 0.29) is 16.7 Å². The van der Waals surface area contributed by atoms with Crippen LogP contribution in [0.25, 0.3) is 11.0 Å². The van der Waals surface area contributed by atoms with Crippen LogP contribution in [-0.4, -0.2) is 5.91 Å². The molecule has 4 aromatic rings. The standard InChI is InChI=1S/C23H15ClFNO3/c24-16-8-6-15(7-9-16)22(14-4-2-1-3-5-14)26-23(28)21-13-19(27)18-12-17(25)10-11-20(18)29-21/h1-13,22H,(H,26,28)/t22-/m1/s1. The van der Waals surface area contributed by atoms with Gasteiger partial charge in [-0.25, -0.2) is 4.39 Å². The summed E-state index contributed by atoms with van der Waals surface area (Å²) in [5.41, 5.74) is 1.33. The zero-order valence-corrected chi connectivity index (χ0v) is 15.8. The molecule has 0 aliphatic rings. The average molecular weight is 408 g/mol. The van der Waals surface area contributed by atoms with E-state index in [4.69, 9.17) is 16.0 Å². The van der Waals surface area contributed by atoms with Gasteiger partial charge in [0.05, 0.1) is 11.4 Å². The van der Waals surface area contributed by atoms with Crippen LogP contribution in [0.1, 0.15) is 27.7 Å². The van der Waals surface area contributed by atoms with Crippen molar-refractivity contribution in [2.45, 2.75) is 6.04 Å². The molecule has 6 heteroatoms. The number of rotatable bonds is 4. The molecule has 1 heterocycles. The lowest BCUT2D eigenvalue weighted by molar-refractivity contribution is 0.0915. The second kappa shape index (κ2) is 7.89. The van der Waals surface area contributed by atoms with Crippen LogP contribution in [0, 0.1) is 5.82 Å². The Hall–Kier alpha value is -3.44. The summed E-state index contributed by atoms with van der Waals surface area (Å²) in [6.07, 6.45) is 0. The van der Waals surface area contributed by atoms with Crippen molar-refractivity contribution in [1.82, 2.24) is 5.32 Å². The van der Waals surface area contributed by atoms with Crippen molar-refractivity contribution in [3.63, 3.8) is 0 Å². The van der Waals surface area contributed by atoms with E-state index >= 15 is 0 Å². The molecule has 144 valence electrons. The quantitative estimate of drug-likeness (QED) is 0.511. The van der Waals surface area contributed by atoms with Gasteiger partial charge in [0.25, 0.3) is 5.91 Å². The number of halogens is 2. The molecule has 0 unspecified atom stereocenters. The summed E-state index contributed by atoms with van der Waals surface area (Å²) in [6, 6.07) is 20.7. The number of fused-ring (bicyclic) bond motifs is 1. The first-order valence-corrected chi connectivity index (χ1v) is 9.24. The third kappa shape index (κ3) is 4.05.